The van der Waals surface area contributed by atoms with Crippen molar-refractivity contribution in [3.05, 3.63) is 24.3 Å². The Morgan fingerprint density at radius 1 is 1.44 bits per heavy atom. The molecule has 7 nitrogen and oxygen atoms in total. The molecule has 27 heavy (non-hydrogen) atoms. The van der Waals surface area contributed by atoms with Crippen LogP contribution in [0.15, 0.2) is 18.5 Å². The fourth-order valence-corrected chi connectivity index (χ4v) is 3.78. The molecule has 1 amide bonds. The van der Waals surface area contributed by atoms with Crippen molar-refractivity contribution in [1.29, 1.82) is 0 Å². The Hall–Kier alpha value is -2.62. The van der Waals surface area contributed by atoms with Crippen LogP contribution in [-0.4, -0.2) is 62.7 Å². The molecular weight excluding hydrogens is 361 g/mol. The van der Waals surface area contributed by atoms with Crippen LogP contribution in [0, 0.1) is 6.92 Å². The van der Waals surface area contributed by atoms with Crippen molar-refractivity contribution in [2.75, 3.05) is 26.2 Å². The monoisotopic (exact) mass is 380 g/mol. The Bertz CT molecular complexity index is 992. The highest BCUT2D eigenvalue weighted by Crippen LogP contribution is 2.31. The van der Waals surface area contributed by atoms with Gasteiger partial charge in [-0.05, 0) is 19.4 Å². The molecule has 0 saturated carbocycles. The summed E-state index contributed by atoms with van der Waals surface area (Å²) in [4.78, 5) is 25.7. The molecule has 1 atom stereocenters. The number of carbonyl (C=O) groups is 1. The molecule has 4 heterocycles. The first-order valence-electron chi connectivity index (χ1n) is 8.68. The summed E-state index contributed by atoms with van der Waals surface area (Å²) >= 11 is 0. The van der Waals surface area contributed by atoms with Gasteiger partial charge in [0.2, 0.25) is 5.91 Å². The molecule has 1 aliphatic rings. The van der Waals surface area contributed by atoms with Crippen LogP contribution in [0.1, 0.15) is 18.3 Å². The van der Waals surface area contributed by atoms with E-state index in [1.807, 2.05) is 29.4 Å². The van der Waals surface area contributed by atoms with E-state index in [1.165, 1.54) is 0 Å². The number of pyridine rings is 1. The van der Waals surface area contributed by atoms with Gasteiger partial charge in [-0.15, -0.1) is 0 Å². The van der Waals surface area contributed by atoms with E-state index in [9.17, 15) is 18.0 Å². The lowest BCUT2D eigenvalue weighted by Gasteiger charge is -2.18. The quantitative estimate of drug-likeness (QED) is 0.727. The summed E-state index contributed by atoms with van der Waals surface area (Å²) in [6.07, 6.45) is -0.0379. The minimum atomic E-state index is -4.40. The second-order valence-electron chi connectivity index (χ2n) is 6.83. The van der Waals surface area contributed by atoms with E-state index >= 15 is 0 Å². The minimum absolute atomic E-state index is 0.0423. The molecule has 1 saturated heterocycles. The highest BCUT2D eigenvalue weighted by Gasteiger charge is 2.30. The van der Waals surface area contributed by atoms with E-state index < -0.39 is 18.6 Å². The number of nitrogens with one attached hydrogen (secondary N) is 2. The number of fused-ring (bicyclic) bond motifs is 3. The SMILES string of the molecule is Cc1nc2cnc3[nH]ccc3c2n1C1CCN(CC(=O)NCC(F)(F)F)C1. The van der Waals surface area contributed by atoms with E-state index in [4.69, 9.17) is 0 Å². The highest BCUT2D eigenvalue weighted by atomic mass is 19.4. The average molecular weight is 380 g/mol. The molecule has 2 N–H and O–H groups in total. The third-order valence-electron chi connectivity index (χ3n) is 4.88. The average Bonchev–Trinajstić information content (AvgIpc) is 3.29. The summed E-state index contributed by atoms with van der Waals surface area (Å²) in [5.74, 6) is 0.242. The number of imidazole rings is 1. The molecule has 10 heteroatoms. The van der Waals surface area contributed by atoms with Gasteiger partial charge >= 0.3 is 6.18 Å². The Morgan fingerprint density at radius 3 is 3.04 bits per heavy atom. The number of halogens is 3. The van der Waals surface area contributed by atoms with Crippen LogP contribution in [0.2, 0.25) is 0 Å². The van der Waals surface area contributed by atoms with Crippen LogP contribution in [0.25, 0.3) is 22.1 Å². The molecule has 3 aromatic heterocycles. The van der Waals surface area contributed by atoms with Crippen LogP contribution in [-0.2, 0) is 4.79 Å². The first-order valence-corrected chi connectivity index (χ1v) is 8.68. The molecule has 0 spiro atoms. The van der Waals surface area contributed by atoms with Crippen molar-refractivity contribution in [2.45, 2.75) is 25.6 Å². The molecule has 0 bridgehead atoms. The summed E-state index contributed by atoms with van der Waals surface area (Å²) in [5.41, 5.74) is 2.58. The minimum Gasteiger partial charge on any atom is -0.346 e. The van der Waals surface area contributed by atoms with E-state index in [0.717, 1.165) is 34.3 Å². The number of aromatic nitrogens is 4. The van der Waals surface area contributed by atoms with Crippen LogP contribution >= 0.6 is 0 Å². The number of rotatable bonds is 4. The van der Waals surface area contributed by atoms with Gasteiger partial charge in [0, 0.05) is 30.7 Å². The second kappa shape index (κ2) is 6.52. The number of hydrogen-bond acceptors (Lipinski definition) is 4. The fourth-order valence-electron chi connectivity index (χ4n) is 3.78. The molecule has 1 unspecified atom stereocenters. The van der Waals surface area contributed by atoms with Gasteiger partial charge in [-0.1, -0.05) is 0 Å². The predicted molar refractivity (Wildman–Crippen MR) is 93.3 cm³/mol. The maximum atomic E-state index is 12.2. The van der Waals surface area contributed by atoms with Crippen molar-refractivity contribution in [3.63, 3.8) is 0 Å². The van der Waals surface area contributed by atoms with Crippen LogP contribution in [0.5, 0.6) is 0 Å². The number of aryl methyl sites for hydroxylation is 1. The van der Waals surface area contributed by atoms with Gasteiger partial charge < -0.3 is 14.9 Å². The van der Waals surface area contributed by atoms with Gasteiger partial charge in [0.25, 0.3) is 0 Å². The summed E-state index contributed by atoms with van der Waals surface area (Å²) in [6.45, 7) is 1.81. The van der Waals surface area contributed by atoms with Crippen LogP contribution < -0.4 is 5.32 Å². The van der Waals surface area contributed by atoms with Crippen molar-refractivity contribution >= 4 is 28.0 Å². The number of aromatic amines is 1. The first kappa shape index (κ1) is 17.8. The van der Waals surface area contributed by atoms with Gasteiger partial charge in [-0.2, -0.15) is 13.2 Å². The normalized spacial score (nSPS) is 18.6. The lowest BCUT2D eigenvalue weighted by Crippen LogP contribution is -2.40. The van der Waals surface area contributed by atoms with Gasteiger partial charge in [-0.25, -0.2) is 9.97 Å². The van der Waals surface area contributed by atoms with Crippen molar-refractivity contribution in [3.8, 4) is 0 Å². The van der Waals surface area contributed by atoms with Crippen molar-refractivity contribution in [1.82, 2.24) is 29.7 Å². The third-order valence-corrected chi connectivity index (χ3v) is 4.88. The molecule has 0 radical (unpaired) electrons. The van der Waals surface area contributed by atoms with E-state index in [0.29, 0.717) is 13.1 Å². The molecule has 0 aliphatic carbocycles. The fraction of sp³-hybridized carbons (Fsp3) is 0.471. The second-order valence-corrected chi connectivity index (χ2v) is 6.83. The summed E-state index contributed by atoms with van der Waals surface area (Å²) in [7, 11) is 0. The Labute approximate surface area is 152 Å². The smallest absolute Gasteiger partial charge is 0.346 e. The zero-order valence-corrected chi connectivity index (χ0v) is 14.7. The number of carbonyl (C=O) groups excluding carboxylic acids is 1. The van der Waals surface area contributed by atoms with E-state index in [-0.39, 0.29) is 12.6 Å². The summed E-state index contributed by atoms with van der Waals surface area (Å²) < 4.78 is 38.8. The van der Waals surface area contributed by atoms with Crippen LogP contribution in [0.3, 0.4) is 0 Å². The summed E-state index contributed by atoms with van der Waals surface area (Å²) in [6, 6.07) is 2.06. The number of hydrogen-bond donors (Lipinski definition) is 2. The Balaban J connectivity index is 1.52. The highest BCUT2D eigenvalue weighted by molar-refractivity contribution is 6.01. The van der Waals surface area contributed by atoms with Gasteiger partial charge in [0.15, 0.2) is 0 Å². The van der Waals surface area contributed by atoms with Crippen LogP contribution in [0.4, 0.5) is 13.2 Å². The Kier molecular flexibility index (Phi) is 4.29. The third kappa shape index (κ3) is 3.48. The maximum absolute atomic E-state index is 12.2. The van der Waals surface area contributed by atoms with E-state index in [2.05, 4.69) is 19.5 Å². The standard InChI is InChI=1S/C17H19F3N6O/c1-10-24-13-6-22-16-12(2-4-21-16)15(13)26(10)11-3-5-25(7-11)8-14(27)23-9-17(18,19)20/h2,4,6,11H,3,5,7-9H2,1H3,(H,21,22)(H,23,27). The van der Waals surface area contributed by atoms with E-state index in [1.54, 1.807) is 6.20 Å². The number of amides is 1. The molecule has 1 fully saturated rings. The van der Waals surface area contributed by atoms with Crippen molar-refractivity contribution < 1.29 is 18.0 Å². The maximum Gasteiger partial charge on any atom is 0.405 e. The lowest BCUT2D eigenvalue weighted by molar-refractivity contribution is -0.138. The largest absolute Gasteiger partial charge is 0.405 e. The van der Waals surface area contributed by atoms with Gasteiger partial charge in [0.1, 0.15) is 23.5 Å². The molecule has 0 aromatic carbocycles. The van der Waals surface area contributed by atoms with Gasteiger partial charge in [-0.3, -0.25) is 9.69 Å². The lowest BCUT2D eigenvalue weighted by atomic mass is 10.2. The first-order chi connectivity index (χ1) is 12.8. The molecule has 144 valence electrons. The number of alkyl halides is 3. The molecule has 1 aliphatic heterocycles. The van der Waals surface area contributed by atoms with Crippen molar-refractivity contribution in [2.24, 2.45) is 0 Å². The Morgan fingerprint density at radius 2 is 2.26 bits per heavy atom. The zero-order chi connectivity index (χ0) is 19.2. The molecule has 4 rings (SSSR count). The van der Waals surface area contributed by atoms with Gasteiger partial charge in [0.05, 0.1) is 18.3 Å². The molecular formula is C17H19F3N6O. The number of H-pyrrole nitrogens is 1. The molecule has 3 aromatic rings. The number of likely N-dealkylation sites (tertiary alicyclic amines) is 1. The number of nitrogens with zero attached hydrogens (tertiary/aromatic N) is 4. The zero-order valence-electron chi connectivity index (χ0n) is 14.7. The topological polar surface area (TPSA) is 78.8 Å². The predicted octanol–water partition coefficient (Wildman–Crippen LogP) is 2.15. The summed E-state index contributed by atoms with van der Waals surface area (Å²) in [5, 5.41) is 2.90.